The molecule has 1 amide bonds. The fourth-order valence-corrected chi connectivity index (χ4v) is 4.28. The SMILES string of the molecule is CCOC(=O)C(CSCC(C)=O)NC(=O)C[n+]1ccc(/C=C/c2ccc(N(CCO)CCO)cc2)cc1. The Balaban J connectivity index is 1.93. The van der Waals surface area contributed by atoms with Crippen LogP contribution in [0.1, 0.15) is 25.0 Å². The first kappa shape index (κ1) is 30.0. The number of nitrogens with zero attached hydrogens (tertiary/aromatic N) is 2. The van der Waals surface area contributed by atoms with Crippen LogP contribution in [0.15, 0.2) is 48.8 Å². The van der Waals surface area contributed by atoms with Crippen molar-refractivity contribution in [1.29, 1.82) is 0 Å². The zero-order chi connectivity index (χ0) is 27.0. The number of ether oxygens (including phenoxy) is 1. The summed E-state index contributed by atoms with van der Waals surface area (Å²) in [6, 6.07) is 10.8. The molecule has 0 saturated heterocycles. The minimum atomic E-state index is -0.814. The van der Waals surface area contributed by atoms with Crippen molar-refractivity contribution >= 4 is 47.3 Å². The van der Waals surface area contributed by atoms with Crippen LogP contribution in [0.5, 0.6) is 0 Å². The summed E-state index contributed by atoms with van der Waals surface area (Å²) in [5, 5.41) is 21.1. The number of aromatic nitrogens is 1. The zero-order valence-corrected chi connectivity index (χ0v) is 22.2. The highest BCUT2D eigenvalue weighted by Crippen LogP contribution is 2.16. The van der Waals surface area contributed by atoms with Crippen molar-refractivity contribution in [3.05, 3.63) is 59.9 Å². The third-order valence-corrected chi connectivity index (χ3v) is 6.39. The lowest BCUT2D eigenvalue weighted by molar-refractivity contribution is -0.684. The molecule has 2 rings (SSSR count). The summed E-state index contributed by atoms with van der Waals surface area (Å²) < 4.78 is 6.75. The van der Waals surface area contributed by atoms with Crippen LogP contribution < -0.4 is 14.8 Å². The molecule has 3 N–H and O–H groups in total. The molecule has 200 valence electrons. The van der Waals surface area contributed by atoms with E-state index in [0.717, 1.165) is 16.8 Å². The molecule has 1 atom stereocenters. The van der Waals surface area contributed by atoms with E-state index in [4.69, 9.17) is 4.74 Å². The molecule has 0 radical (unpaired) electrons. The Hall–Kier alpha value is -3.21. The van der Waals surface area contributed by atoms with Crippen molar-refractivity contribution in [2.24, 2.45) is 0 Å². The van der Waals surface area contributed by atoms with Crippen LogP contribution in [-0.2, 0) is 25.7 Å². The van der Waals surface area contributed by atoms with E-state index in [1.807, 2.05) is 53.5 Å². The van der Waals surface area contributed by atoms with E-state index in [1.54, 1.807) is 23.9 Å². The number of carbonyl (C=O) groups excluding carboxylic acids is 3. The number of benzene rings is 1. The molecular formula is C27H36N3O6S+. The first-order chi connectivity index (χ1) is 17.9. The van der Waals surface area contributed by atoms with Gasteiger partial charge in [-0.25, -0.2) is 4.79 Å². The molecule has 1 aromatic carbocycles. The van der Waals surface area contributed by atoms with E-state index in [2.05, 4.69) is 5.32 Å². The van der Waals surface area contributed by atoms with Gasteiger partial charge in [-0.15, -0.1) is 0 Å². The molecule has 2 aromatic rings. The first-order valence-electron chi connectivity index (χ1n) is 12.1. The number of ketones is 1. The lowest BCUT2D eigenvalue weighted by atomic mass is 10.1. The van der Waals surface area contributed by atoms with E-state index in [0.29, 0.717) is 13.1 Å². The largest absolute Gasteiger partial charge is 0.464 e. The third kappa shape index (κ3) is 11.2. The van der Waals surface area contributed by atoms with E-state index >= 15 is 0 Å². The maximum absolute atomic E-state index is 12.5. The van der Waals surface area contributed by atoms with Crippen molar-refractivity contribution < 1.29 is 33.9 Å². The predicted octanol–water partition coefficient (Wildman–Crippen LogP) is 1.31. The number of hydrogen-bond acceptors (Lipinski definition) is 8. The number of anilines is 1. The van der Waals surface area contributed by atoms with Crippen molar-refractivity contribution in [3.63, 3.8) is 0 Å². The second-order valence-electron chi connectivity index (χ2n) is 8.25. The smallest absolute Gasteiger partial charge is 0.329 e. The van der Waals surface area contributed by atoms with Crippen LogP contribution in [-0.4, -0.2) is 78.3 Å². The van der Waals surface area contributed by atoms with Gasteiger partial charge in [0.1, 0.15) is 11.8 Å². The van der Waals surface area contributed by atoms with Crippen molar-refractivity contribution in [3.8, 4) is 0 Å². The highest BCUT2D eigenvalue weighted by molar-refractivity contribution is 8.00. The lowest BCUT2D eigenvalue weighted by Crippen LogP contribution is -2.49. The minimum absolute atomic E-state index is 0.00314. The molecule has 0 bridgehead atoms. The molecule has 1 aromatic heterocycles. The number of rotatable bonds is 16. The number of aliphatic hydroxyl groups excluding tert-OH is 2. The Morgan fingerprint density at radius 3 is 2.16 bits per heavy atom. The van der Waals surface area contributed by atoms with Gasteiger partial charge in [-0.1, -0.05) is 24.3 Å². The summed E-state index contributed by atoms with van der Waals surface area (Å²) in [5.74, 6) is -0.305. The standard InChI is InChI=1S/C27H35N3O6S/c1-3-36-27(35)25(20-37-19-21(2)33)28-26(34)18-29-12-10-23(11-13-29)5-4-22-6-8-24(9-7-22)30(14-16-31)15-17-32/h4-13,25,31-32H,3,14-20H2,1-2H3/p+1. The molecular weight excluding hydrogens is 494 g/mol. The predicted molar refractivity (Wildman–Crippen MR) is 145 cm³/mol. The Kier molecular flexibility index (Phi) is 13.4. The number of nitrogens with one attached hydrogen (secondary N) is 1. The first-order valence-corrected chi connectivity index (χ1v) is 13.3. The molecule has 0 saturated carbocycles. The lowest BCUT2D eigenvalue weighted by Gasteiger charge is -2.22. The van der Waals surface area contributed by atoms with E-state index < -0.39 is 12.0 Å². The summed E-state index contributed by atoms with van der Waals surface area (Å²) in [6.45, 7) is 4.38. The van der Waals surface area contributed by atoms with Gasteiger partial charge >= 0.3 is 5.97 Å². The van der Waals surface area contributed by atoms with Gasteiger partial charge in [0.05, 0.1) is 25.6 Å². The summed E-state index contributed by atoms with van der Waals surface area (Å²) >= 11 is 1.28. The molecule has 1 unspecified atom stereocenters. The second kappa shape index (κ2) is 16.5. The number of Topliss-reactive ketones (excluding diaryl/α,β-unsaturated/α-hetero) is 1. The molecule has 37 heavy (non-hydrogen) atoms. The number of amides is 1. The fourth-order valence-electron chi connectivity index (χ4n) is 3.42. The fraction of sp³-hybridized carbons (Fsp3) is 0.407. The van der Waals surface area contributed by atoms with E-state index in [1.165, 1.54) is 18.7 Å². The van der Waals surface area contributed by atoms with Gasteiger partial charge in [-0.05, 0) is 37.1 Å². The number of carbonyl (C=O) groups is 3. The van der Waals surface area contributed by atoms with Crippen molar-refractivity contribution in [1.82, 2.24) is 5.32 Å². The van der Waals surface area contributed by atoms with Gasteiger partial charge in [-0.2, -0.15) is 16.3 Å². The Morgan fingerprint density at radius 1 is 1.03 bits per heavy atom. The normalized spacial score (nSPS) is 11.8. The Bertz CT molecular complexity index is 1020. The Labute approximate surface area is 222 Å². The number of hydrogen-bond donors (Lipinski definition) is 3. The number of esters is 1. The van der Waals surface area contributed by atoms with Crippen LogP contribution in [0, 0.1) is 0 Å². The quantitative estimate of drug-likeness (QED) is 0.220. The maximum Gasteiger partial charge on any atom is 0.329 e. The minimum Gasteiger partial charge on any atom is -0.464 e. The van der Waals surface area contributed by atoms with Gasteiger partial charge < -0.3 is 25.2 Å². The average molecular weight is 531 g/mol. The van der Waals surface area contributed by atoms with Crippen LogP contribution >= 0.6 is 11.8 Å². The summed E-state index contributed by atoms with van der Waals surface area (Å²) in [7, 11) is 0. The number of thioether (sulfide) groups is 1. The van der Waals surface area contributed by atoms with Crippen LogP contribution in [0.3, 0.4) is 0 Å². The Morgan fingerprint density at radius 2 is 1.62 bits per heavy atom. The topological polar surface area (TPSA) is 120 Å². The number of aliphatic hydroxyl groups is 2. The number of pyridine rings is 1. The van der Waals surface area contributed by atoms with E-state index in [-0.39, 0.29) is 49.6 Å². The molecule has 0 aliphatic carbocycles. The third-order valence-electron chi connectivity index (χ3n) is 5.21. The highest BCUT2D eigenvalue weighted by atomic mass is 32.2. The molecule has 0 fully saturated rings. The van der Waals surface area contributed by atoms with Crippen LogP contribution in [0.25, 0.3) is 12.2 Å². The summed E-state index contributed by atoms with van der Waals surface area (Å²) in [4.78, 5) is 37.8. The molecule has 1 heterocycles. The van der Waals surface area contributed by atoms with Crippen molar-refractivity contribution in [2.45, 2.75) is 26.4 Å². The average Bonchev–Trinajstić information content (AvgIpc) is 2.88. The van der Waals surface area contributed by atoms with Gasteiger partial charge in [0.2, 0.25) is 6.54 Å². The maximum atomic E-state index is 12.5. The van der Waals surface area contributed by atoms with Gasteiger partial charge in [0.15, 0.2) is 12.4 Å². The van der Waals surface area contributed by atoms with Crippen LogP contribution in [0.4, 0.5) is 5.69 Å². The molecule has 9 nitrogen and oxygen atoms in total. The summed E-state index contributed by atoms with van der Waals surface area (Å²) in [5.41, 5.74) is 2.88. The monoisotopic (exact) mass is 530 g/mol. The highest BCUT2D eigenvalue weighted by Gasteiger charge is 2.23. The molecule has 0 aliphatic heterocycles. The molecule has 10 heteroatoms. The summed E-state index contributed by atoms with van der Waals surface area (Å²) in [6.07, 6.45) is 7.50. The van der Waals surface area contributed by atoms with E-state index in [9.17, 15) is 24.6 Å². The van der Waals surface area contributed by atoms with Gasteiger partial charge in [-0.3, -0.25) is 9.59 Å². The van der Waals surface area contributed by atoms with Gasteiger partial charge in [0, 0.05) is 36.7 Å². The van der Waals surface area contributed by atoms with Gasteiger partial charge in [0.25, 0.3) is 5.91 Å². The second-order valence-corrected chi connectivity index (χ2v) is 9.28. The van der Waals surface area contributed by atoms with Crippen LogP contribution in [0.2, 0.25) is 0 Å². The van der Waals surface area contributed by atoms with Crippen molar-refractivity contribution in [2.75, 3.05) is 49.3 Å². The molecule has 0 spiro atoms. The molecule has 0 aliphatic rings. The zero-order valence-electron chi connectivity index (χ0n) is 21.3.